The molecule has 0 saturated carbocycles. The number of carbonyl (C=O) groups is 15. The van der Waals surface area contributed by atoms with Crippen molar-refractivity contribution in [3.05, 3.63) is 0 Å². The molecule has 0 aromatic heterocycles. The van der Waals surface area contributed by atoms with E-state index in [4.69, 9.17) is 72.8 Å². The molecule has 38 heteroatoms. The molecule has 126 heavy (non-hydrogen) atoms. The molecule has 3 saturated heterocycles. The van der Waals surface area contributed by atoms with Crippen LogP contribution in [0.25, 0.3) is 0 Å². The third-order valence-electron chi connectivity index (χ3n) is 22.0. The van der Waals surface area contributed by atoms with Crippen LogP contribution in [0.5, 0.6) is 0 Å². The van der Waals surface area contributed by atoms with Crippen molar-refractivity contribution in [1.82, 2.24) is 36.4 Å². The molecule has 0 aromatic carbocycles. The number of Topliss-reactive ketones (excluding diaryl/α,β-unsaturated/α-hetero) is 1. The van der Waals surface area contributed by atoms with Crippen molar-refractivity contribution < 1.29 is 133 Å². The van der Waals surface area contributed by atoms with E-state index >= 15 is 0 Å². The van der Waals surface area contributed by atoms with Crippen LogP contribution in [0.3, 0.4) is 0 Å². The first-order valence-electron chi connectivity index (χ1n) is 45.5. The van der Waals surface area contributed by atoms with Crippen molar-refractivity contribution in [2.24, 2.45) is 17.8 Å². The quantitative estimate of drug-likeness (QED) is 0.0109. The van der Waals surface area contributed by atoms with Crippen molar-refractivity contribution in [3.8, 4) is 0 Å². The predicted octanol–water partition coefficient (Wildman–Crippen LogP) is 8.47. The molecule has 3 fully saturated rings. The van der Waals surface area contributed by atoms with Gasteiger partial charge in [-0.1, -0.05) is 143 Å². The number of ether oxygens (including phenoxy) is 13. The molecule has 3 aliphatic rings. The standard InChI is InChI=1S/C88H150N7O28PS2/c1-14-71(120-78(109)44-43-70(105)57-126(124)125)85(110)95(50-39-46-90-76(107)41-31-25-19-16-22-28-36-52-112-87-80(92-62(6)97)59(3)83(118-68(12)103)73(122-87)55-115-65(9)100)48-34-33-47-94(77(108)42-32-26-20-17-23-29-37-53-113-88-81(93-63(7)98)60(4)84(119-69(13)104)74(123-88)56-116-66(10)101)49-38-45-89-75(106)40-30-24-18-15-21-27-35-51-111-86-79(91-61(5)96)58(2)82(117-67(11)102)72(121-86)54-114-64(8)99/h58-60,71-74,79-84,86-88,124,126H,14-57H2,1-13H3,(H,89,106)(H,90,107)(H,91,96)(H,92,97)(H,93,98)/t58-,59-,60-,71?,72?,73?,74?,79?,80?,81?,82-,83-,84-,86-,87-,88-/m1/s1. The number of ketones is 1. The van der Waals surface area contributed by atoms with Crippen molar-refractivity contribution in [2.75, 3.05) is 84.7 Å². The molecule has 0 spiro atoms. The summed E-state index contributed by atoms with van der Waals surface area (Å²) in [5.41, 5.74) is 0. The molecular weight excluding hydrogens is 1700 g/mol. The molecule has 0 aliphatic carbocycles. The molecule has 722 valence electrons. The van der Waals surface area contributed by atoms with Crippen LogP contribution in [0.2, 0.25) is 0 Å². The third-order valence-corrected chi connectivity index (χ3v) is 23.5. The van der Waals surface area contributed by atoms with Gasteiger partial charge in [-0.05, 0) is 70.6 Å². The number of thiol groups is 1. The monoisotopic (exact) mass is 1850 g/mol. The van der Waals surface area contributed by atoms with Gasteiger partial charge in [0.1, 0.15) is 62.2 Å². The Morgan fingerprint density at radius 1 is 0.389 bits per heavy atom. The topological polar surface area (TPSA) is 443 Å². The maximum atomic E-state index is 14.4. The molecular formula is C88H150N7O28PS2. The fourth-order valence-electron chi connectivity index (χ4n) is 15.5. The van der Waals surface area contributed by atoms with Gasteiger partial charge in [0.15, 0.2) is 25.0 Å². The zero-order valence-corrected chi connectivity index (χ0v) is 79.7. The van der Waals surface area contributed by atoms with Gasteiger partial charge in [0.25, 0.3) is 5.91 Å². The van der Waals surface area contributed by atoms with E-state index in [1.54, 1.807) is 11.8 Å². The minimum absolute atomic E-state index is 0.0315. The molecule has 8 unspecified atom stereocenters. The summed E-state index contributed by atoms with van der Waals surface area (Å²) in [5, 5.41) is 14.6. The highest BCUT2D eigenvalue weighted by Gasteiger charge is 2.50. The lowest BCUT2D eigenvalue weighted by Crippen LogP contribution is -2.62. The van der Waals surface area contributed by atoms with Crippen LogP contribution < -0.4 is 26.6 Å². The van der Waals surface area contributed by atoms with Gasteiger partial charge in [-0.2, -0.15) is 0 Å². The first-order chi connectivity index (χ1) is 60.0. The second kappa shape index (κ2) is 65.4. The smallest absolute Gasteiger partial charge is 0.307 e. The van der Waals surface area contributed by atoms with Crippen LogP contribution in [0.4, 0.5) is 0 Å². The van der Waals surface area contributed by atoms with E-state index in [0.29, 0.717) is 123 Å². The molecule has 3 heterocycles. The number of rotatable bonds is 66. The number of nitrogens with zero attached hydrogens (tertiary/aromatic N) is 2. The highest BCUT2D eigenvalue weighted by Crippen LogP contribution is 2.34. The number of esters is 7. The van der Waals surface area contributed by atoms with Gasteiger partial charge < -0.3 is 98.0 Å². The highest BCUT2D eigenvalue weighted by atomic mass is 32.9. The Kier molecular flexibility index (Phi) is 58.7. The Morgan fingerprint density at radius 3 is 1.02 bits per heavy atom. The lowest BCUT2D eigenvalue weighted by atomic mass is 9.88. The number of hydrogen-bond donors (Lipinski definition) is 6. The molecule has 5 N–H and O–H groups in total. The summed E-state index contributed by atoms with van der Waals surface area (Å²) >= 11 is 5.14. The minimum atomic E-state index is -1.13. The molecule has 35 nitrogen and oxygen atoms in total. The van der Waals surface area contributed by atoms with Gasteiger partial charge in [0.2, 0.25) is 35.4 Å². The molecule has 3 rings (SSSR count). The van der Waals surface area contributed by atoms with E-state index in [2.05, 4.69) is 34.6 Å². The first kappa shape index (κ1) is 113. The van der Waals surface area contributed by atoms with E-state index in [1.807, 2.05) is 25.7 Å². The minimum Gasteiger partial charge on any atom is -0.463 e. The summed E-state index contributed by atoms with van der Waals surface area (Å²) in [4.78, 5) is 192. The Morgan fingerprint density at radius 2 is 0.698 bits per heavy atom. The first-order valence-corrected chi connectivity index (χ1v) is 49.4. The Bertz CT molecular complexity index is 3420. The van der Waals surface area contributed by atoms with E-state index < -0.39 is 154 Å². The number of unbranched alkanes of at least 4 members (excludes halogenated alkanes) is 19. The second-order valence-electron chi connectivity index (χ2n) is 33.1. The van der Waals surface area contributed by atoms with Crippen LogP contribution in [-0.4, -0.2) is 263 Å². The largest absolute Gasteiger partial charge is 0.463 e. The Balaban J connectivity index is 1.59. The van der Waals surface area contributed by atoms with Gasteiger partial charge in [0.05, 0.1) is 30.3 Å². The molecule has 0 bridgehead atoms. The van der Waals surface area contributed by atoms with Crippen LogP contribution >= 0.6 is 8.02 Å². The fourth-order valence-corrected chi connectivity index (χ4v) is 16.9. The van der Waals surface area contributed by atoms with Crippen molar-refractivity contribution in [3.63, 3.8) is 0 Å². The molecule has 3 aliphatic heterocycles. The summed E-state index contributed by atoms with van der Waals surface area (Å²) in [6, 6.07) is -1.90. The molecule has 0 aromatic rings. The maximum Gasteiger partial charge on any atom is 0.307 e. The summed E-state index contributed by atoms with van der Waals surface area (Å²) in [5.74, 6) is -6.81. The van der Waals surface area contributed by atoms with Gasteiger partial charge in [-0.25, -0.2) is 0 Å². The summed E-state index contributed by atoms with van der Waals surface area (Å²) in [6.45, 7) is 21.3. The number of hydrogen-bond acceptors (Lipinski definition) is 29. The van der Waals surface area contributed by atoms with E-state index in [0.717, 1.165) is 96.3 Å². The average molecular weight is 1850 g/mol. The summed E-state index contributed by atoms with van der Waals surface area (Å²) in [6.07, 6.45) is 11.7. The molecule has 7 amide bonds. The Labute approximate surface area is 754 Å². The summed E-state index contributed by atoms with van der Waals surface area (Å²) in [7, 11) is 2.21. The van der Waals surface area contributed by atoms with Crippen LogP contribution in [0, 0.1) is 17.8 Å². The SMILES string of the molecule is CCC(OC(=O)CCC(=O)C[SH](=P)=S)C(=O)N(CCCCN(CCCNC(=O)CCCCCCCCCO[C@@H]1OC(COC(C)=O)[C@H](OC(C)=O)[C@H](C)C1NC(C)=O)C(=O)CCCCCCCCCO[C@@H]1OC(COC(C)=O)[C@H](OC(C)=O)[C@H](C)C1NC(C)=O)CCCNC(=O)CCCCCCCCCO[C@@H]1OC(COC(C)=O)[C@H](OC(C)=O)[C@H](C)C1NC(C)=O. The maximum absolute atomic E-state index is 14.4. The number of carbonyl (C=O) groups excluding carboxylic acids is 15. The van der Waals surface area contributed by atoms with Gasteiger partial charge in [-0.3, -0.25) is 71.9 Å². The fraction of sp³-hybridized carbons (Fsp3) is 0.830. The number of amides is 7. The van der Waals surface area contributed by atoms with Crippen molar-refractivity contribution in [1.29, 1.82) is 0 Å². The normalized spacial score (nSPS) is 22.5. The van der Waals surface area contributed by atoms with Crippen LogP contribution in [0.15, 0.2) is 0 Å². The number of nitrogens with one attached hydrogen (secondary N) is 5. The van der Waals surface area contributed by atoms with Gasteiger partial charge in [0, 0.05) is 165 Å². The Hall–Kier alpha value is -7.12. The predicted molar refractivity (Wildman–Crippen MR) is 473 cm³/mol. The molecule has 0 radical (unpaired) electrons. The summed E-state index contributed by atoms with van der Waals surface area (Å²) < 4.78 is 74.9. The van der Waals surface area contributed by atoms with Gasteiger partial charge in [-0.15, -0.1) is 8.63 Å². The van der Waals surface area contributed by atoms with Crippen LogP contribution in [-0.2, 0) is 153 Å². The van der Waals surface area contributed by atoms with E-state index in [-0.39, 0.29) is 106 Å². The second-order valence-corrected chi connectivity index (χ2v) is 38.1. The van der Waals surface area contributed by atoms with Crippen molar-refractivity contribution >= 4 is 117 Å². The highest BCUT2D eigenvalue weighted by molar-refractivity contribution is 8.39. The zero-order valence-electron chi connectivity index (χ0n) is 77.0. The van der Waals surface area contributed by atoms with E-state index in [1.165, 1.54) is 62.3 Å². The third kappa shape index (κ3) is 49.0. The average Bonchev–Trinajstić information content (AvgIpc) is 0.805. The lowest BCUT2D eigenvalue weighted by molar-refractivity contribution is -0.262. The zero-order chi connectivity index (χ0) is 93.5. The van der Waals surface area contributed by atoms with Crippen molar-refractivity contribution in [2.45, 2.75) is 369 Å². The molecule has 17 atom stereocenters. The lowest BCUT2D eigenvalue weighted by Gasteiger charge is -2.44. The van der Waals surface area contributed by atoms with Crippen LogP contribution in [0.1, 0.15) is 289 Å². The van der Waals surface area contributed by atoms with E-state index in [9.17, 15) is 71.9 Å². The van der Waals surface area contributed by atoms with Gasteiger partial charge >= 0.3 is 41.8 Å².